The highest BCUT2D eigenvalue weighted by atomic mass is 16.5. The van der Waals surface area contributed by atoms with E-state index >= 15 is 0 Å². The highest BCUT2D eigenvalue weighted by Crippen LogP contribution is 2.20. The van der Waals surface area contributed by atoms with Crippen molar-refractivity contribution in [2.24, 2.45) is 0 Å². The number of H-pyrrole nitrogens is 1. The van der Waals surface area contributed by atoms with E-state index in [1.807, 2.05) is 68.6 Å². The van der Waals surface area contributed by atoms with Gasteiger partial charge in [-0.2, -0.15) is 0 Å². The van der Waals surface area contributed by atoms with Crippen LogP contribution in [0.3, 0.4) is 0 Å². The molecule has 3 N–H and O–H groups in total. The first-order chi connectivity index (χ1) is 12.5. The lowest BCUT2D eigenvalue weighted by atomic mass is 10.0. The minimum absolute atomic E-state index is 0.104. The minimum atomic E-state index is -0.857. The molecule has 0 aliphatic rings. The smallest absolute Gasteiger partial charge is 0.321 e. The van der Waals surface area contributed by atoms with E-state index < -0.39 is 12.0 Å². The van der Waals surface area contributed by atoms with E-state index in [1.54, 1.807) is 0 Å². The third-order valence-corrected chi connectivity index (χ3v) is 4.22. The molecule has 136 valence electrons. The zero-order valence-corrected chi connectivity index (χ0v) is 15.0. The fourth-order valence-corrected chi connectivity index (χ4v) is 3.01. The van der Waals surface area contributed by atoms with Gasteiger partial charge >= 0.3 is 5.97 Å². The van der Waals surface area contributed by atoms with Gasteiger partial charge in [0.2, 0.25) is 0 Å². The lowest BCUT2D eigenvalue weighted by molar-refractivity contribution is -0.139. The molecule has 1 aromatic heterocycles. The van der Waals surface area contributed by atoms with E-state index in [2.05, 4.69) is 10.3 Å². The lowest BCUT2D eigenvalue weighted by Gasteiger charge is -2.15. The molecule has 0 fully saturated rings. The quantitative estimate of drug-likeness (QED) is 0.577. The third kappa shape index (κ3) is 4.43. The predicted molar refractivity (Wildman–Crippen MR) is 102 cm³/mol. The van der Waals surface area contributed by atoms with Gasteiger partial charge in [-0.25, -0.2) is 0 Å². The van der Waals surface area contributed by atoms with Gasteiger partial charge in [0.1, 0.15) is 11.8 Å². The number of fused-ring (bicyclic) bond motifs is 1. The number of hydrogen-bond acceptors (Lipinski definition) is 3. The number of carboxylic acids is 1. The highest BCUT2D eigenvalue weighted by molar-refractivity contribution is 5.84. The second kappa shape index (κ2) is 8.06. The summed E-state index contributed by atoms with van der Waals surface area (Å²) in [6.07, 6.45) is 2.41. The Morgan fingerprint density at radius 2 is 2.00 bits per heavy atom. The van der Waals surface area contributed by atoms with Gasteiger partial charge in [0, 0.05) is 30.1 Å². The molecule has 26 heavy (non-hydrogen) atoms. The first kappa shape index (κ1) is 18.0. The largest absolute Gasteiger partial charge is 0.491 e. The summed E-state index contributed by atoms with van der Waals surface area (Å²) in [6, 6.07) is 15.0. The van der Waals surface area contributed by atoms with Crippen molar-refractivity contribution < 1.29 is 14.6 Å². The summed E-state index contributed by atoms with van der Waals surface area (Å²) in [7, 11) is 0. The minimum Gasteiger partial charge on any atom is -0.491 e. The van der Waals surface area contributed by atoms with E-state index in [4.69, 9.17) is 4.74 Å². The fraction of sp³-hybridized carbons (Fsp3) is 0.286. The van der Waals surface area contributed by atoms with E-state index in [0.29, 0.717) is 13.0 Å². The number of aliphatic carboxylic acids is 1. The summed E-state index contributed by atoms with van der Waals surface area (Å²) in [5.74, 6) is -0.0623. The number of para-hydroxylation sites is 1. The van der Waals surface area contributed by atoms with Crippen molar-refractivity contribution in [2.45, 2.75) is 39.0 Å². The molecule has 0 unspecified atom stereocenters. The number of aromatic amines is 1. The molecule has 0 saturated carbocycles. The molecular formula is C21H24N2O3. The van der Waals surface area contributed by atoms with Crippen LogP contribution in [-0.4, -0.2) is 28.2 Å². The summed E-state index contributed by atoms with van der Waals surface area (Å²) in [6.45, 7) is 4.42. The summed E-state index contributed by atoms with van der Waals surface area (Å²) in [5.41, 5.74) is 3.01. The van der Waals surface area contributed by atoms with Crippen LogP contribution in [0.25, 0.3) is 10.9 Å². The van der Waals surface area contributed by atoms with Gasteiger partial charge < -0.3 is 20.1 Å². The van der Waals surface area contributed by atoms with Gasteiger partial charge in [0.15, 0.2) is 0 Å². The topological polar surface area (TPSA) is 74.3 Å². The summed E-state index contributed by atoms with van der Waals surface area (Å²) >= 11 is 0. The Bertz CT molecular complexity index is 886. The van der Waals surface area contributed by atoms with E-state index in [1.165, 1.54) is 0 Å². The maximum Gasteiger partial charge on any atom is 0.321 e. The van der Waals surface area contributed by atoms with Gasteiger partial charge in [0.05, 0.1) is 6.10 Å². The van der Waals surface area contributed by atoms with Crippen LogP contribution in [0.5, 0.6) is 5.75 Å². The van der Waals surface area contributed by atoms with Crippen molar-refractivity contribution in [3.63, 3.8) is 0 Å². The molecule has 0 bridgehead atoms. The van der Waals surface area contributed by atoms with Crippen LogP contribution in [0.1, 0.15) is 25.0 Å². The number of carbonyl (C=O) groups is 1. The summed E-state index contributed by atoms with van der Waals surface area (Å²) < 4.78 is 5.69. The number of aromatic nitrogens is 1. The van der Waals surface area contributed by atoms with E-state index in [-0.39, 0.29) is 6.10 Å². The first-order valence-corrected chi connectivity index (χ1v) is 8.79. The standard InChI is InChI=1S/C21H24N2O3/c1-14(2)26-17-7-5-6-15(10-17)12-22-20(21(24)25)11-16-13-23-19-9-4-3-8-18(16)19/h3-10,13-14,20,22-23H,11-12H2,1-2H3,(H,24,25)/t20-/m1/s1. The van der Waals surface area contributed by atoms with Crippen molar-refractivity contribution in [2.75, 3.05) is 0 Å². The third-order valence-electron chi connectivity index (χ3n) is 4.22. The molecule has 0 saturated heterocycles. The van der Waals surface area contributed by atoms with Crippen molar-refractivity contribution in [3.05, 3.63) is 65.9 Å². The number of rotatable bonds is 8. The van der Waals surface area contributed by atoms with Crippen molar-refractivity contribution >= 4 is 16.9 Å². The maximum absolute atomic E-state index is 11.7. The maximum atomic E-state index is 11.7. The monoisotopic (exact) mass is 352 g/mol. The molecule has 0 aliphatic carbocycles. The Morgan fingerprint density at radius 3 is 2.77 bits per heavy atom. The SMILES string of the molecule is CC(C)Oc1cccc(CN[C@H](Cc2c[nH]c3ccccc23)C(=O)O)c1. The average molecular weight is 352 g/mol. The number of benzene rings is 2. The zero-order valence-electron chi connectivity index (χ0n) is 15.0. The number of carboxylic acid groups (broad SMARTS) is 1. The molecule has 2 aromatic carbocycles. The second-order valence-corrected chi connectivity index (χ2v) is 6.65. The molecular weight excluding hydrogens is 328 g/mol. The number of hydrogen-bond donors (Lipinski definition) is 3. The Morgan fingerprint density at radius 1 is 1.19 bits per heavy atom. The average Bonchev–Trinajstić information content (AvgIpc) is 3.01. The molecule has 0 radical (unpaired) electrons. The van der Waals surface area contributed by atoms with Gasteiger partial charge in [-0.3, -0.25) is 4.79 Å². The fourth-order valence-electron chi connectivity index (χ4n) is 3.01. The molecule has 0 aliphatic heterocycles. The van der Waals surface area contributed by atoms with Crippen molar-refractivity contribution in [3.8, 4) is 5.75 Å². The summed E-state index contributed by atoms with van der Waals surface area (Å²) in [5, 5.41) is 13.8. The van der Waals surface area contributed by atoms with Crippen LogP contribution < -0.4 is 10.1 Å². The van der Waals surface area contributed by atoms with Gasteiger partial charge in [0.25, 0.3) is 0 Å². The van der Waals surface area contributed by atoms with Crippen molar-refractivity contribution in [1.82, 2.24) is 10.3 Å². The zero-order chi connectivity index (χ0) is 18.5. The Hall–Kier alpha value is -2.79. The van der Waals surface area contributed by atoms with Crippen LogP contribution in [0.15, 0.2) is 54.7 Å². The van der Waals surface area contributed by atoms with Gasteiger partial charge in [-0.05, 0) is 43.2 Å². The highest BCUT2D eigenvalue weighted by Gasteiger charge is 2.19. The molecule has 5 heteroatoms. The molecule has 1 heterocycles. The Labute approximate surface area is 153 Å². The second-order valence-electron chi connectivity index (χ2n) is 6.65. The molecule has 3 aromatic rings. The Kier molecular flexibility index (Phi) is 5.58. The van der Waals surface area contributed by atoms with Gasteiger partial charge in [-0.1, -0.05) is 30.3 Å². The molecule has 3 rings (SSSR count). The number of nitrogens with one attached hydrogen (secondary N) is 2. The van der Waals surface area contributed by atoms with Crippen LogP contribution in [0, 0.1) is 0 Å². The van der Waals surface area contributed by atoms with Gasteiger partial charge in [-0.15, -0.1) is 0 Å². The normalized spacial score (nSPS) is 12.4. The van der Waals surface area contributed by atoms with Crippen LogP contribution >= 0.6 is 0 Å². The van der Waals surface area contributed by atoms with Crippen LogP contribution in [-0.2, 0) is 17.8 Å². The number of ether oxygens (including phenoxy) is 1. The van der Waals surface area contributed by atoms with E-state index in [9.17, 15) is 9.90 Å². The molecule has 5 nitrogen and oxygen atoms in total. The first-order valence-electron chi connectivity index (χ1n) is 8.79. The Balaban J connectivity index is 1.69. The molecule has 1 atom stereocenters. The van der Waals surface area contributed by atoms with E-state index in [0.717, 1.165) is 27.8 Å². The lowest BCUT2D eigenvalue weighted by Crippen LogP contribution is -2.38. The predicted octanol–water partition coefficient (Wildman–Crippen LogP) is 3.74. The molecule has 0 spiro atoms. The van der Waals surface area contributed by atoms with Crippen molar-refractivity contribution in [1.29, 1.82) is 0 Å². The van der Waals surface area contributed by atoms with Crippen LogP contribution in [0.2, 0.25) is 0 Å². The summed E-state index contributed by atoms with van der Waals surface area (Å²) in [4.78, 5) is 14.9. The molecule has 0 amide bonds. The van der Waals surface area contributed by atoms with Crippen LogP contribution in [0.4, 0.5) is 0 Å².